The molecule has 7 nitrogen and oxygen atoms in total. The van der Waals surface area contributed by atoms with Gasteiger partial charge in [0.05, 0.1) is 22.4 Å². The molecule has 1 saturated carbocycles. The zero-order chi connectivity index (χ0) is 26.3. The number of hydrogen-bond donors (Lipinski definition) is 3. The van der Waals surface area contributed by atoms with Crippen LogP contribution in [0.15, 0.2) is 28.4 Å². The van der Waals surface area contributed by atoms with Gasteiger partial charge in [0.1, 0.15) is 12.0 Å². The van der Waals surface area contributed by atoms with Gasteiger partial charge in [-0.2, -0.15) is 0 Å². The highest BCUT2D eigenvalue weighted by Gasteiger charge is 2.29. The lowest BCUT2D eigenvalue weighted by Gasteiger charge is -2.30. The molecule has 1 unspecified atom stereocenters. The van der Waals surface area contributed by atoms with Gasteiger partial charge < -0.3 is 15.4 Å². The molecule has 0 radical (unpaired) electrons. The Hall–Kier alpha value is -1.43. The predicted molar refractivity (Wildman–Crippen MR) is 139 cm³/mol. The fourth-order valence-corrected chi connectivity index (χ4v) is 5.37. The number of alkyl halides is 3. The summed E-state index contributed by atoms with van der Waals surface area (Å²) in [6.45, 7) is 2.31. The highest BCUT2D eigenvalue weighted by molar-refractivity contribution is 6.48. The Morgan fingerprint density at radius 1 is 1.03 bits per heavy atom. The van der Waals surface area contributed by atoms with E-state index in [1.807, 2.05) is 12.1 Å². The number of allylic oxidation sites excluding steroid dienone is 1. The average molecular weight is 564 g/mol. The molecular formula is C25H34Cl2F3N5O2. The van der Waals surface area contributed by atoms with E-state index in [-0.39, 0.29) is 31.4 Å². The number of pyridine rings is 1. The van der Waals surface area contributed by atoms with Gasteiger partial charge in [0.25, 0.3) is 0 Å². The van der Waals surface area contributed by atoms with E-state index in [0.29, 0.717) is 27.5 Å². The Labute approximate surface area is 225 Å². The number of hydrogen-bond acceptors (Lipinski definition) is 7. The highest BCUT2D eigenvalue weighted by atomic mass is 35.5. The predicted octanol–water partition coefficient (Wildman–Crippen LogP) is 5.24. The van der Waals surface area contributed by atoms with Crippen LogP contribution in [0.1, 0.15) is 50.5 Å². The van der Waals surface area contributed by atoms with Crippen LogP contribution in [-0.2, 0) is 9.47 Å². The summed E-state index contributed by atoms with van der Waals surface area (Å²) in [5.74, 6) is 1.28. The molecule has 206 valence electrons. The van der Waals surface area contributed by atoms with Gasteiger partial charge in [-0.05, 0) is 50.5 Å². The van der Waals surface area contributed by atoms with Crippen LogP contribution in [0.5, 0.6) is 0 Å². The molecule has 0 aromatic carbocycles. The topological polar surface area (TPSA) is 79.8 Å². The van der Waals surface area contributed by atoms with Gasteiger partial charge in [-0.3, -0.25) is 15.0 Å². The minimum absolute atomic E-state index is 0.0645. The van der Waals surface area contributed by atoms with E-state index in [2.05, 4.69) is 25.7 Å². The number of aliphatic imine (C=N–C) groups is 1. The third-order valence-corrected chi connectivity index (χ3v) is 7.64. The summed E-state index contributed by atoms with van der Waals surface area (Å²) < 4.78 is 45.6. The number of nitrogens with one attached hydrogen (secondary N) is 3. The number of aromatic nitrogens is 1. The van der Waals surface area contributed by atoms with Gasteiger partial charge in [-0.15, -0.1) is 13.2 Å². The molecule has 0 spiro atoms. The summed E-state index contributed by atoms with van der Waals surface area (Å²) >= 11 is 13.1. The summed E-state index contributed by atoms with van der Waals surface area (Å²) in [4.78, 5) is 9.32. The van der Waals surface area contributed by atoms with Crippen LogP contribution < -0.4 is 16.0 Å². The summed E-state index contributed by atoms with van der Waals surface area (Å²) in [7, 11) is 0. The molecule has 2 fully saturated rings. The smallest absolute Gasteiger partial charge is 0.381 e. The molecule has 12 heteroatoms. The number of anilines is 1. The van der Waals surface area contributed by atoms with Crippen molar-refractivity contribution in [1.29, 1.82) is 0 Å². The monoisotopic (exact) mass is 563 g/mol. The first kappa shape index (κ1) is 28.6. The zero-order valence-electron chi connectivity index (χ0n) is 20.6. The lowest BCUT2D eigenvalue weighted by molar-refractivity contribution is -0.323. The molecule has 37 heavy (non-hydrogen) atoms. The first-order valence-corrected chi connectivity index (χ1v) is 13.6. The number of dihydropyridines is 1. The quantitative estimate of drug-likeness (QED) is 0.338. The van der Waals surface area contributed by atoms with Gasteiger partial charge >= 0.3 is 6.36 Å². The van der Waals surface area contributed by atoms with E-state index in [1.165, 1.54) is 0 Å². The van der Waals surface area contributed by atoms with Gasteiger partial charge in [0, 0.05) is 56.6 Å². The summed E-state index contributed by atoms with van der Waals surface area (Å²) in [6, 6.07) is 2.27. The Morgan fingerprint density at radius 2 is 1.76 bits per heavy atom. The third kappa shape index (κ3) is 9.07. The van der Waals surface area contributed by atoms with Crippen LogP contribution in [0.3, 0.4) is 0 Å². The van der Waals surface area contributed by atoms with Crippen molar-refractivity contribution in [2.45, 2.75) is 69.6 Å². The normalized spacial score (nSPS) is 25.5. The standard InChI is InChI=1S/C25H34Cl2F3N5O2/c26-20-5-6-22(32-14-16-7-10-36-11-8-16)35-24(20)19-13-23(33-15-21(19)27)34-18-3-1-17(2-4-18)31-9-12-37-25(28,29)30/h5,13,15-18,22,31-32H,1-4,6-12,14H2,(H,33,34). The molecule has 2 aliphatic heterocycles. The molecular weight excluding hydrogens is 530 g/mol. The zero-order valence-corrected chi connectivity index (χ0v) is 22.1. The fourth-order valence-electron chi connectivity index (χ4n) is 4.94. The van der Waals surface area contributed by atoms with Crippen molar-refractivity contribution in [2.24, 2.45) is 10.9 Å². The van der Waals surface area contributed by atoms with Crippen molar-refractivity contribution in [2.75, 3.05) is 38.2 Å². The molecule has 0 amide bonds. The first-order chi connectivity index (χ1) is 17.8. The van der Waals surface area contributed by atoms with Gasteiger partial charge in [0.2, 0.25) is 0 Å². The second-order valence-corrected chi connectivity index (χ2v) is 10.6. The molecule has 0 bridgehead atoms. The first-order valence-electron chi connectivity index (χ1n) is 12.9. The van der Waals surface area contributed by atoms with Gasteiger partial charge in [0.15, 0.2) is 0 Å². The van der Waals surface area contributed by atoms with Crippen LogP contribution in [0.2, 0.25) is 5.02 Å². The molecule has 3 aliphatic rings. The molecule has 1 aromatic rings. The molecule has 1 aromatic heterocycles. The number of ether oxygens (including phenoxy) is 2. The van der Waals surface area contributed by atoms with Crippen molar-refractivity contribution < 1.29 is 22.6 Å². The van der Waals surface area contributed by atoms with Gasteiger partial charge in [-0.1, -0.05) is 29.3 Å². The largest absolute Gasteiger partial charge is 0.522 e. The minimum atomic E-state index is -4.58. The van der Waals surface area contributed by atoms with Crippen molar-refractivity contribution in [1.82, 2.24) is 15.6 Å². The lowest BCUT2D eigenvalue weighted by atomic mass is 9.91. The molecule has 3 heterocycles. The lowest BCUT2D eigenvalue weighted by Crippen LogP contribution is -2.39. The maximum absolute atomic E-state index is 12.1. The van der Waals surface area contributed by atoms with E-state index in [1.54, 1.807) is 6.20 Å². The van der Waals surface area contributed by atoms with Crippen LogP contribution in [-0.4, -0.2) is 68.2 Å². The number of nitrogens with zero attached hydrogens (tertiary/aromatic N) is 2. The second-order valence-electron chi connectivity index (χ2n) is 9.74. The van der Waals surface area contributed by atoms with Crippen LogP contribution in [0, 0.1) is 5.92 Å². The number of halogens is 5. The maximum Gasteiger partial charge on any atom is 0.522 e. The Balaban J connectivity index is 1.29. The van der Waals surface area contributed by atoms with Crippen molar-refractivity contribution >= 4 is 34.7 Å². The van der Waals surface area contributed by atoms with Crippen LogP contribution >= 0.6 is 23.2 Å². The fraction of sp³-hybridized carbons (Fsp3) is 0.680. The Kier molecular flexibility index (Phi) is 10.5. The SMILES string of the molecule is FC(F)(F)OCCNC1CCC(Nc2cc(C3=NC(NCC4CCOCC4)CC=C3Cl)c(Cl)cn2)CC1. The van der Waals surface area contributed by atoms with Crippen LogP contribution in [0.25, 0.3) is 0 Å². The van der Waals surface area contributed by atoms with Crippen LogP contribution in [0.4, 0.5) is 19.0 Å². The molecule has 1 atom stereocenters. The molecule has 1 saturated heterocycles. The average Bonchev–Trinajstić information content (AvgIpc) is 2.88. The van der Waals surface area contributed by atoms with Crippen molar-refractivity contribution in [3.05, 3.63) is 34.0 Å². The second kappa shape index (κ2) is 13.6. The Bertz CT molecular complexity index is 949. The third-order valence-electron chi connectivity index (χ3n) is 7.00. The van der Waals surface area contributed by atoms with E-state index in [4.69, 9.17) is 32.9 Å². The summed E-state index contributed by atoms with van der Waals surface area (Å²) in [6.07, 6.45) is 5.22. The van der Waals surface area contributed by atoms with E-state index < -0.39 is 6.36 Å². The molecule has 1 aliphatic carbocycles. The van der Waals surface area contributed by atoms with Gasteiger partial charge in [-0.25, -0.2) is 4.98 Å². The van der Waals surface area contributed by atoms with E-state index >= 15 is 0 Å². The minimum Gasteiger partial charge on any atom is -0.381 e. The highest BCUT2D eigenvalue weighted by Crippen LogP contribution is 2.29. The van der Waals surface area contributed by atoms with Crippen molar-refractivity contribution in [3.63, 3.8) is 0 Å². The van der Waals surface area contributed by atoms with E-state index in [0.717, 1.165) is 70.3 Å². The molecule has 4 rings (SSSR count). The number of rotatable bonds is 10. The Morgan fingerprint density at radius 3 is 2.49 bits per heavy atom. The molecule has 3 N–H and O–H groups in total. The summed E-state index contributed by atoms with van der Waals surface area (Å²) in [5.41, 5.74) is 1.39. The summed E-state index contributed by atoms with van der Waals surface area (Å²) in [5, 5.41) is 11.2. The van der Waals surface area contributed by atoms with Crippen molar-refractivity contribution in [3.8, 4) is 0 Å². The van der Waals surface area contributed by atoms with E-state index in [9.17, 15) is 13.2 Å². The maximum atomic E-state index is 12.1.